The van der Waals surface area contributed by atoms with Crippen LogP contribution in [0.5, 0.6) is 0 Å². The zero-order valence-corrected chi connectivity index (χ0v) is 8.04. The Hall–Kier alpha value is -0.740. The van der Waals surface area contributed by atoms with Crippen LogP contribution in [-0.4, -0.2) is 11.2 Å². The highest BCUT2D eigenvalue weighted by molar-refractivity contribution is 6.36. The van der Waals surface area contributed by atoms with E-state index in [9.17, 15) is 18.0 Å². The third kappa shape index (κ3) is 2.62. The number of alkyl halides is 3. The lowest BCUT2D eigenvalue weighted by Crippen LogP contribution is -2.21. The number of carbonyl (C=O) groups is 1. The molecule has 0 aliphatic heterocycles. The van der Waals surface area contributed by atoms with Gasteiger partial charge in [-0.2, -0.15) is 8.78 Å². The number of Topliss-reactive ketones (excluding diaryl/α,β-unsaturated/α-hetero) is 1. The third-order valence-electron chi connectivity index (χ3n) is 1.38. The predicted octanol–water partition coefficient (Wildman–Crippen LogP) is 3.49. The molecule has 1 rings (SSSR count). The first-order chi connectivity index (χ1) is 6.30. The van der Waals surface area contributed by atoms with Crippen LogP contribution in [0.1, 0.15) is 10.4 Å². The average molecular weight is 243 g/mol. The standard InChI is InChI=1S/C8H3Cl2F3O/c9-5-1-4(2-6(11)3-5)7(14)8(10,12)13/h1-3H. The van der Waals surface area contributed by atoms with E-state index in [1.165, 1.54) is 0 Å². The van der Waals surface area contributed by atoms with Crippen LogP contribution < -0.4 is 0 Å². The quantitative estimate of drug-likeness (QED) is 0.573. The van der Waals surface area contributed by atoms with Crippen LogP contribution in [0.2, 0.25) is 5.02 Å². The van der Waals surface area contributed by atoms with Crippen LogP contribution in [0, 0.1) is 5.82 Å². The average Bonchev–Trinajstić information content (AvgIpc) is 1.99. The molecule has 0 radical (unpaired) electrons. The highest BCUT2D eigenvalue weighted by Gasteiger charge is 2.36. The lowest BCUT2D eigenvalue weighted by atomic mass is 10.1. The number of benzene rings is 1. The van der Waals surface area contributed by atoms with E-state index in [0.717, 1.165) is 12.1 Å². The van der Waals surface area contributed by atoms with Crippen LogP contribution in [0.4, 0.5) is 13.2 Å². The second-order valence-electron chi connectivity index (χ2n) is 2.49. The molecule has 0 fully saturated rings. The van der Waals surface area contributed by atoms with Gasteiger partial charge in [-0.05, 0) is 29.8 Å². The van der Waals surface area contributed by atoms with Gasteiger partial charge in [0.05, 0.1) is 0 Å². The van der Waals surface area contributed by atoms with Crippen molar-refractivity contribution in [3.63, 3.8) is 0 Å². The zero-order valence-electron chi connectivity index (χ0n) is 6.53. The number of halogens is 5. The van der Waals surface area contributed by atoms with Crippen molar-refractivity contribution < 1.29 is 18.0 Å². The summed E-state index contributed by atoms with van der Waals surface area (Å²) in [6.07, 6.45) is 0. The molecule has 1 nitrogen and oxygen atoms in total. The summed E-state index contributed by atoms with van der Waals surface area (Å²) in [4.78, 5) is 10.9. The largest absolute Gasteiger partial charge is 0.384 e. The summed E-state index contributed by atoms with van der Waals surface area (Å²) in [6.45, 7) is 0. The Morgan fingerprint density at radius 1 is 1.29 bits per heavy atom. The van der Waals surface area contributed by atoms with Crippen molar-refractivity contribution in [2.24, 2.45) is 0 Å². The van der Waals surface area contributed by atoms with Crippen molar-refractivity contribution in [2.75, 3.05) is 0 Å². The minimum Gasteiger partial charge on any atom is -0.286 e. The SMILES string of the molecule is O=C(c1cc(F)cc(Cl)c1)C(F)(F)Cl. The minimum absolute atomic E-state index is 0.144. The van der Waals surface area contributed by atoms with Crippen molar-refractivity contribution in [3.8, 4) is 0 Å². The minimum atomic E-state index is -4.04. The molecule has 0 aliphatic carbocycles. The first-order valence-electron chi connectivity index (χ1n) is 3.38. The van der Waals surface area contributed by atoms with Crippen molar-refractivity contribution in [1.29, 1.82) is 0 Å². The fourth-order valence-corrected chi connectivity index (χ4v) is 1.18. The number of hydrogen-bond acceptors (Lipinski definition) is 1. The molecule has 0 saturated carbocycles. The van der Waals surface area contributed by atoms with Gasteiger partial charge in [0.25, 0.3) is 0 Å². The molecule has 0 aromatic heterocycles. The summed E-state index contributed by atoms with van der Waals surface area (Å²) in [5, 5.41) is -4.19. The van der Waals surface area contributed by atoms with Gasteiger partial charge in [0.1, 0.15) is 5.82 Å². The first kappa shape index (κ1) is 11.3. The lowest BCUT2D eigenvalue weighted by molar-refractivity contribution is 0.0536. The van der Waals surface area contributed by atoms with Gasteiger partial charge in [-0.3, -0.25) is 4.79 Å². The normalized spacial score (nSPS) is 11.5. The van der Waals surface area contributed by atoms with Gasteiger partial charge in [0.2, 0.25) is 5.78 Å². The molecule has 0 amide bonds. The van der Waals surface area contributed by atoms with Gasteiger partial charge in [0.15, 0.2) is 0 Å². The van der Waals surface area contributed by atoms with Crippen molar-refractivity contribution in [3.05, 3.63) is 34.6 Å². The lowest BCUT2D eigenvalue weighted by Gasteiger charge is -2.06. The topological polar surface area (TPSA) is 17.1 Å². The van der Waals surface area contributed by atoms with Crippen LogP contribution >= 0.6 is 23.2 Å². The maximum absolute atomic E-state index is 12.7. The van der Waals surface area contributed by atoms with Gasteiger partial charge in [-0.25, -0.2) is 4.39 Å². The van der Waals surface area contributed by atoms with E-state index in [4.69, 9.17) is 11.6 Å². The molecular weight excluding hydrogens is 240 g/mol. The van der Waals surface area contributed by atoms with E-state index in [1.807, 2.05) is 0 Å². The highest BCUT2D eigenvalue weighted by atomic mass is 35.5. The Morgan fingerprint density at radius 3 is 2.29 bits per heavy atom. The van der Waals surface area contributed by atoms with Crippen molar-refractivity contribution in [1.82, 2.24) is 0 Å². The molecule has 0 unspecified atom stereocenters. The summed E-state index contributed by atoms with van der Waals surface area (Å²) in [5.41, 5.74) is -0.560. The Labute approximate surface area is 87.4 Å². The molecule has 14 heavy (non-hydrogen) atoms. The fraction of sp³-hybridized carbons (Fsp3) is 0.125. The van der Waals surface area contributed by atoms with Gasteiger partial charge < -0.3 is 0 Å². The molecule has 0 bridgehead atoms. The van der Waals surface area contributed by atoms with E-state index >= 15 is 0 Å². The molecular formula is C8H3Cl2F3O. The molecule has 0 heterocycles. The van der Waals surface area contributed by atoms with Crippen LogP contribution in [0.3, 0.4) is 0 Å². The van der Waals surface area contributed by atoms with Gasteiger partial charge in [0, 0.05) is 10.6 Å². The van der Waals surface area contributed by atoms with Gasteiger partial charge in [-0.1, -0.05) is 11.6 Å². The Balaban J connectivity index is 3.14. The number of ketones is 1. The Kier molecular flexibility index (Phi) is 3.07. The second-order valence-corrected chi connectivity index (χ2v) is 3.40. The monoisotopic (exact) mass is 242 g/mol. The zero-order chi connectivity index (χ0) is 10.9. The number of hydrogen-bond donors (Lipinski definition) is 0. The van der Waals surface area contributed by atoms with Crippen LogP contribution in [0.25, 0.3) is 0 Å². The number of carbonyl (C=O) groups excluding carboxylic acids is 1. The van der Waals surface area contributed by atoms with Crippen LogP contribution in [-0.2, 0) is 0 Å². The van der Waals surface area contributed by atoms with Crippen LogP contribution in [0.15, 0.2) is 18.2 Å². The Morgan fingerprint density at radius 2 is 1.86 bits per heavy atom. The maximum atomic E-state index is 12.7. The molecule has 1 aromatic carbocycles. The molecule has 0 spiro atoms. The molecule has 0 N–H and O–H groups in total. The van der Waals surface area contributed by atoms with Crippen molar-refractivity contribution in [2.45, 2.75) is 5.38 Å². The molecule has 6 heteroatoms. The summed E-state index contributed by atoms with van der Waals surface area (Å²) in [7, 11) is 0. The summed E-state index contributed by atoms with van der Waals surface area (Å²) in [6, 6.07) is 2.46. The molecule has 1 aromatic rings. The maximum Gasteiger partial charge on any atom is 0.384 e. The summed E-state index contributed by atoms with van der Waals surface area (Å²) in [5.74, 6) is -2.55. The predicted molar refractivity (Wildman–Crippen MR) is 46.5 cm³/mol. The molecule has 0 atom stereocenters. The fourth-order valence-electron chi connectivity index (χ4n) is 0.849. The van der Waals surface area contributed by atoms with E-state index in [-0.39, 0.29) is 5.02 Å². The molecule has 0 aliphatic rings. The first-order valence-corrected chi connectivity index (χ1v) is 4.14. The van der Waals surface area contributed by atoms with E-state index in [1.54, 1.807) is 0 Å². The smallest absolute Gasteiger partial charge is 0.286 e. The summed E-state index contributed by atoms with van der Waals surface area (Å²) >= 11 is 9.84. The van der Waals surface area contributed by atoms with E-state index < -0.39 is 22.5 Å². The second kappa shape index (κ2) is 3.79. The highest BCUT2D eigenvalue weighted by Crippen LogP contribution is 2.26. The van der Waals surface area contributed by atoms with Gasteiger partial charge >= 0.3 is 5.38 Å². The van der Waals surface area contributed by atoms with Crippen molar-refractivity contribution >= 4 is 29.0 Å². The molecule has 76 valence electrons. The third-order valence-corrected chi connectivity index (χ3v) is 1.77. The number of rotatable bonds is 2. The van der Waals surface area contributed by atoms with Gasteiger partial charge in [-0.15, -0.1) is 0 Å². The Bertz CT molecular complexity index is 353. The van der Waals surface area contributed by atoms with E-state index in [2.05, 4.69) is 11.6 Å². The molecule has 0 saturated heterocycles. The van der Waals surface area contributed by atoms with E-state index in [0.29, 0.717) is 6.07 Å². The summed E-state index contributed by atoms with van der Waals surface area (Å²) < 4.78 is 37.3.